The third kappa shape index (κ3) is 3.56. The van der Waals surface area contributed by atoms with Gasteiger partial charge in [0, 0.05) is 12.6 Å². The van der Waals surface area contributed by atoms with Crippen LogP contribution in [0.1, 0.15) is 48.0 Å². The fourth-order valence-electron chi connectivity index (χ4n) is 2.33. The number of nitrogens with one attached hydrogen (secondary N) is 1. The largest absolute Gasteiger partial charge is 0.478 e. The highest BCUT2D eigenvalue weighted by Gasteiger charge is 2.12. The molecule has 3 nitrogen and oxygen atoms in total. The molecule has 0 spiro atoms. The number of carboxylic acids is 1. The molecule has 0 heterocycles. The molecule has 1 aliphatic carbocycles. The van der Waals surface area contributed by atoms with Gasteiger partial charge in [-0.05, 0) is 30.5 Å². The molecule has 0 amide bonds. The maximum atomic E-state index is 10.7. The number of carboxylic acid groups (broad SMARTS) is 1. The van der Waals surface area contributed by atoms with Crippen molar-refractivity contribution in [2.24, 2.45) is 0 Å². The van der Waals surface area contributed by atoms with Gasteiger partial charge in [0.1, 0.15) is 0 Å². The first kappa shape index (κ1) is 12.1. The Morgan fingerprint density at radius 3 is 2.41 bits per heavy atom. The normalized spacial score (nSPS) is 16.9. The average molecular weight is 233 g/mol. The summed E-state index contributed by atoms with van der Waals surface area (Å²) in [6.45, 7) is 0.838. The highest BCUT2D eigenvalue weighted by atomic mass is 16.4. The lowest BCUT2D eigenvalue weighted by atomic mass is 9.95. The van der Waals surface area contributed by atoms with Crippen molar-refractivity contribution in [2.75, 3.05) is 0 Å². The number of aromatic carboxylic acids is 1. The van der Waals surface area contributed by atoms with Crippen molar-refractivity contribution < 1.29 is 9.90 Å². The van der Waals surface area contributed by atoms with E-state index in [2.05, 4.69) is 5.32 Å². The fourth-order valence-corrected chi connectivity index (χ4v) is 2.33. The molecule has 0 saturated heterocycles. The molecular weight excluding hydrogens is 214 g/mol. The number of rotatable bonds is 4. The van der Waals surface area contributed by atoms with E-state index in [-0.39, 0.29) is 0 Å². The molecule has 1 fully saturated rings. The van der Waals surface area contributed by atoms with Gasteiger partial charge in [0.05, 0.1) is 5.56 Å². The Balaban J connectivity index is 1.84. The van der Waals surface area contributed by atoms with Crippen molar-refractivity contribution in [3.63, 3.8) is 0 Å². The first-order valence-electron chi connectivity index (χ1n) is 6.31. The Morgan fingerprint density at radius 1 is 1.18 bits per heavy atom. The van der Waals surface area contributed by atoms with Crippen LogP contribution in [-0.4, -0.2) is 17.1 Å². The molecule has 0 aliphatic heterocycles. The van der Waals surface area contributed by atoms with Crippen molar-refractivity contribution >= 4 is 5.97 Å². The zero-order valence-corrected chi connectivity index (χ0v) is 9.98. The van der Waals surface area contributed by atoms with Crippen LogP contribution in [0, 0.1) is 0 Å². The molecule has 3 heteroatoms. The maximum absolute atomic E-state index is 10.7. The summed E-state index contributed by atoms with van der Waals surface area (Å²) < 4.78 is 0. The lowest BCUT2D eigenvalue weighted by Gasteiger charge is -2.22. The molecule has 17 heavy (non-hydrogen) atoms. The molecule has 0 radical (unpaired) electrons. The van der Waals surface area contributed by atoms with Gasteiger partial charge >= 0.3 is 5.97 Å². The van der Waals surface area contributed by atoms with Crippen LogP contribution in [0.2, 0.25) is 0 Å². The van der Waals surface area contributed by atoms with Crippen molar-refractivity contribution in [3.8, 4) is 0 Å². The molecule has 92 valence electrons. The van der Waals surface area contributed by atoms with E-state index in [0.29, 0.717) is 11.6 Å². The number of carbonyl (C=O) groups is 1. The zero-order chi connectivity index (χ0) is 12.1. The molecule has 1 aromatic rings. The maximum Gasteiger partial charge on any atom is 0.335 e. The predicted molar refractivity (Wildman–Crippen MR) is 67.1 cm³/mol. The molecule has 1 saturated carbocycles. The molecule has 0 bridgehead atoms. The monoisotopic (exact) mass is 233 g/mol. The SMILES string of the molecule is O=C(O)c1ccc(CNC2CCCCC2)cc1. The second kappa shape index (κ2) is 5.82. The third-order valence-electron chi connectivity index (χ3n) is 3.40. The standard InChI is InChI=1S/C14H19NO2/c16-14(17)12-8-6-11(7-9-12)10-15-13-4-2-1-3-5-13/h6-9,13,15H,1-5,10H2,(H,16,17). The van der Waals surface area contributed by atoms with Crippen molar-refractivity contribution in [3.05, 3.63) is 35.4 Å². The van der Waals surface area contributed by atoms with Crippen LogP contribution in [0.5, 0.6) is 0 Å². The van der Waals surface area contributed by atoms with Gasteiger partial charge in [-0.3, -0.25) is 0 Å². The minimum atomic E-state index is -0.864. The van der Waals surface area contributed by atoms with Gasteiger partial charge in [-0.1, -0.05) is 31.4 Å². The van der Waals surface area contributed by atoms with Gasteiger partial charge in [-0.25, -0.2) is 4.79 Å². The lowest BCUT2D eigenvalue weighted by molar-refractivity contribution is 0.0697. The molecule has 1 aliphatic rings. The molecule has 0 aromatic heterocycles. The van der Waals surface area contributed by atoms with Crippen molar-refractivity contribution in [1.29, 1.82) is 0 Å². The molecule has 0 atom stereocenters. The summed E-state index contributed by atoms with van der Waals surface area (Å²) in [5.74, 6) is -0.864. The first-order chi connectivity index (χ1) is 8.25. The molecule has 2 rings (SSSR count). The summed E-state index contributed by atoms with van der Waals surface area (Å²) >= 11 is 0. The predicted octanol–water partition coefficient (Wildman–Crippen LogP) is 2.81. The highest BCUT2D eigenvalue weighted by molar-refractivity contribution is 5.87. The Hall–Kier alpha value is -1.35. The molecular formula is C14H19NO2. The van der Waals surface area contributed by atoms with Crippen molar-refractivity contribution in [1.82, 2.24) is 5.32 Å². The van der Waals surface area contributed by atoms with E-state index >= 15 is 0 Å². The first-order valence-corrected chi connectivity index (χ1v) is 6.31. The van der Waals surface area contributed by atoms with Gasteiger partial charge in [-0.15, -0.1) is 0 Å². The van der Waals surface area contributed by atoms with Crippen LogP contribution >= 0.6 is 0 Å². The quantitative estimate of drug-likeness (QED) is 0.840. The summed E-state index contributed by atoms with van der Waals surface area (Å²) in [6, 6.07) is 7.75. The topological polar surface area (TPSA) is 49.3 Å². The van der Waals surface area contributed by atoms with Gasteiger partial charge in [0.15, 0.2) is 0 Å². The van der Waals surface area contributed by atoms with Crippen LogP contribution in [0.3, 0.4) is 0 Å². The van der Waals surface area contributed by atoms with Crippen molar-refractivity contribution in [2.45, 2.75) is 44.7 Å². The average Bonchev–Trinajstić information content (AvgIpc) is 2.38. The van der Waals surface area contributed by atoms with Gasteiger partial charge in [-0.2, -0.15) is 0 Å². The Morgan fingerprint density at radius 2 is 1.82 bits per heavy atom. The van der Waals surface area contributed by atoms with E-state index in [9.17, 15) is 4.79 Å². The van der Waals surface area contributed by atoms with Crippen LogP contribution < -0.4 is 5.32 Å². The summed E-state index contributed by atoms with van der Waals surface area (Å²) in [7, 11) is 0. The van der Waals surface area contributed by atoms with Gasteiger partial charge in [0.25, 0.3) is 0 Å². The van der Waals surface area contributed by atoms with Gasteiger partial charge < -0.3 is 10.4 Å². The van der Waals surface area contributed by atoms with Crippen LogP contribution in [-0.2, 0) is 6.54 Å². The molecule has 0 unspecified atom stereocenters. The van der Waals surface area contributed by atoms with E-state index in [1.54, 1.807) is 12.1 Å². The van der Waals surface area contributed by atoms with E-state index < -0.39 is 5.97 Å². The summed E-state index contributed by atoms with van der Waals surface area (Å²) in [4.78, 5) is 10.7. The number of hydrogen-bond donors (Lipinski definition) is 2. The van der Waals surface area contributed by atoms with E-state index in [1.165, 1.54) is 32.1 Å². The third-order valence-corrected chi connectivity index (χ3v) is 3.40. The van der Waals surface area contributed by atoms with Crippen LogP contribution in [0.15, 0.2) is 24.3 Å². The number of hydrogen-bond acceptors (Lipinski definition) is 2. The van der Waals surface area contributed by atoms with Crippen LogP contribution in [0.25, 0.3) is 0 Å². The van der Waals surface area contributed by atoms with E-state index in [4.69, 9.17) is 5.11 Å². The summed E-state index contributed by atoms with van der Waals surface area (Å²) in [5.41, 5.74) is 1.51. The number of benzene rings is 1. The van der Waals surface area contributed by atoms with Crippen LogP contribution in [0.4, 0.5) is 0 Å². The zero-order valence-electron chi connectivity index (χ0n) is 9.98. The molecule has 1 aromatic carbocycles. The Labute approximate surface area is 102 Å². The second-order valence-corrected chi connectivity index (χ2v) is 4.72. The van der Waals surface area contributed by atoms with E-state index in [1.807, 2.05) is 12.1 Å². The van der Waals surface area contributed by atoms with Gasteiger partial charge in [0.2, 0.25) is 0 Å². The molecule has 2 N–H and O–H groups in total. The lowest BCUT2D eigenvalue weighted by Crippen LogP contribution is -2.30. The minimum absolute atomic E-state index is 0.353. The summed E-state index contributed by atoms with van der Waals surface area (Å²) in [6.07, 6.45) is 6.57. The smallest absolute Gasteiger partial charge is 0.335 e. The van der Waals surface area contributed by atoms with E-state index in [0.717, 1.165) is 12.1 Å². The minimum Gasteiger partial charge on any atom is -0.478 e. The summed E-state index contributed by atoms with van der Waals surface area (Å²) in [5, 5.41) is 12.3. The Bertz CT molecular complexity index is 366. The fraction of sp³-hybridized carbons (Fsp3) is 0.500. The Kier molecular flexibility index (Phi) is 4.15. The highest BCUT2D eigenvalue weighted by Crippen LogP contribution is 2.17. The second-order valence-electron chi connectivity index (χ2n) is 4.72.